The van der Waals surface area contributed by atoms with E-state index in [0.29, 0.717) is 0 Å². The van der Waals surface area contributed by atoms with Crippen LogP contribution in [0.25, 0.3) is 0 Å². The van der Waals surface area contributed by atoms with Crippen molar-refractivity contribution in [3.05, 3.63) is 0 Å². The summed E-state index contributed by atoms with van der Waals surface area (Å²) in [5.74, 6) is 0.905. The predicted molar refractivity (Wildman–Crippen MR) is 49.5 cm³/mol. The Morgan fingerprint density at radius 2 is 1.73 bits per heavy atom. The molecule has 0 aliphatic rings. The van der Waals surface area contributed by atoms with Crippen LogP contribution in [0.2, 0.25) is 0 Å². The zero-order valence-electron chi connectivity index (χ0n) is 7.21. The molecule has 0 saturated carbocycles. The molecular weight excluding hydrogens is 160 g/mol. The zero-order chi connectivity index (χ0) is 8.36. The topological polar surface area (TPSA) is 29.5 Å². The van der Waals surface area contributed by atoms with Crippen molar-refractivity contribution in [3.63, 3.8) is 0 Å². The van der Waals surface area contributed by atoms with Crippen LogP contribution in [-0.4, -0.2) is 11.0 Å². The van der Waals surface area contributed by atoms with E-state index in [1.807, 2.05) is 0 Å². The number of unbranched alkanes of at least 4 members (excludes halogenated alkanes) is 5. The number of hydrogen-bond donors (Lipinski definition) is 1. The van der Waals surface area contributed by atoms with E-state index in [-0.39, 0.29) is 0 Å². The fourth-order valence-corrected chi connectivity index (χ4v) is 1.38. The molecule has 0 spiro atoms. The fraction of sp³-hybridized carbons (Fsp3) is 1.00. The first-order valence-electron chi connectivity index (χ1n) is 4.35. The molecule has 0 aliphatic heterocycles. The predicted octanol–water partition coefficient (Wildman–Crippen LogP) is 3.48. The van der Waals surface area contributed by atoms with Crippen molar-refractivity contribution in [3.8, 4) is 0 Å². The maximum absolute atomic E-state index is 7.97. The number of rotatable bonds is 8. The largest absolute Gasteiger partial charge is 0.239 e. The Morgan fingerprint density at radius 1 is 1.09 bits per heavy atom. The van der Waals surface area contributed by atoms with Gasteiger partial charge in [0.25, 0.3) is 0 Å². The lowest BCUT2D eigenvalue weighted by Crippen LogP contribution is -1.82. The van der Waals surface area contributed by atoms with Crippen molar-refractivity contribution in [1.29, 1.82) is 0 Å². The van der Waals surface area contributed by atoms with Crippen LogP contribution in [0, 0.1) is 0 Å². The Labute approximate surface area is 73.5 Å². The highest BCUT2D eigenvalue weighted by Crippen LogP contribution is 2.08. The molecule has 2 nitrogen and oxygen atoms in total. The van der Waals surface area contributed by atoms with Gasteiger partial charge in [-0.05, 0) is 6.42 Å². The molecule has 68 valence electrons. The Morgan fingerprint density at radius 3 is 2.36 bits per heavy atom. The van der Waals surface area contributed by atoms with Crippen LogP contribution in [0.5, 0.6) is 0 Å². The van der Waals surface area contributed by atoms with Crippen molar-refractivity contribution in [1.82, 2.24) is 0 Å². The van der Waals surface area contributed by atoms with E-state index in [2.05, 4.69) is 11.3 Å². The summed E-state index contributed by atoms with van der Waals surface area (Å²) in [6.07, 6.45) is 7.73. The third-order valence-electron chi connectivity index (χ3n) is 1.63. The van der Waals surface area contributed by atoms with Crippen molar-refractivity contribution in [2.45, 2.75) is 45.4 Å². The average molecular weight is 178 g/mol. The zero-order valence-corrected chi connectivity index (χ0v) is 8.03. The van der Waals surface area contributed by atoms with E-state index in [9.17, 15) is 0 Å². The second-order valence-corrected chi connectivity index (χ2v) is 3.46. The highest BCUT2D eigenvalue weighted by molar-refractivity contribution is 7.94. The molecule has 0 aromatic rings. The first-order valence-corrected chi connectivity index (χ1v) is 5.26. The second-order valence-electron chi connectivity index (χ2n) is 2.66. The molecule has 0 fully saturated rings. The summed E-state index contributed by atoms with van der Waals surface area (Å²) in [7, 11) is 0. The molecule has 0 bridgehead atoms. The summed E-state index contributed by atoms with van der Waals surface area (Å²) in [6, 6.07) is 0. The average Bonchev–Trinajstić information content (AvgIpc) is 2.03. The van der Waals surface area contributed by atoms with Crippen LogP contribution in [0.3, 0.4) is 0 Å². The van der Waals surface area contributed by atoms with E-state index in [1.54, 1.807) is 0 Å². The lowest BCUT2D eigenvalue weighted by atomic mass is 10.1. The van der Waals surface area contributed by atoms with Gasteiger partial charge in [-0.3, -0.25) is 0 Å². The monoisotopic (exact) mass is 178 g/mol. The first-order chi connectivity index (χ1) is 5.41. The quantitative estimate of drug-likeness (QED) is 0.267. The molecule has 0 rings (SSSR count). The minimum atomic E-state index is 0.905. The Kier molecular flexibility index (Phi) is 10.5. The van der Waals surface area contributed by atoms with Gasteiger partial charge in [-0.1, -0.05) is 39.0 Å². The van der Waals surface area contributed by atoms with Crippen LogP contribution >= 0.6 is 12.0 Å². The van der Waals surface area contributed by atoms with Crippen LogP contribution < -0.4 is 0 Å². The smallest absolute Gasteiger partial charge is 0.0311 e. The second kappa shape index (κ2) is 10.3. The highest BCUT2D eigenvalue weighted by atomic mass is 32.2. The van der Waals surface area contributed by atoms with Gasteiger partial charge in [0.15, 0.2) is 0 Å². The van der Waals surface area contributed by atoms with Crippen LogP contribution in [-0.2, 0) is 4.33 Å². The molecule has 0 radical (unpaired) electrons. The van der Waals surface area contributed by atoms with E-state index in [1.165, 1.54) is 32.1 Å². The van der Waals surface area contributed by atoms with Crippen molar-refractivity contribution in [2.75, 3.05) is 5.75 Å². The maximum Gasteiger partial charge on any atom is 0.0311 e. The van der Waals surface area contributed by atoms with Gasteiger partial charge in [0, 0.05) is 17.8 Å². The maximum atomic E-state index is 7.97. The van der Waals surface area contributed by atoms with Crippen molar-refractivity contribution in [2.24, 2.45) is 0 Å². The van der Waals surface area contributed by atoms with Crippen LogP contribution in [0.15, 0.2) is 0 Å². The van der Waals surface area contributed by atoms with Gasteiger partial charge >= 0.3 is 0 Å². The van der Waals surface area contributed by atoms with E-state index >= 15 is 0 Å². The van der Waals surface area contributed by atoms with Gasteiger partial charge in [0.2, 0.25) is 0 Å². The standard InChI is InChI=1S/C8H18O2S/c1-2-3-4-5-6-7-8-11-10-9/h9H,2-8H2,1H3. The summed E-state index contributed by atoms with van der Waals surface area (Å²) in [6.45, 7) is 2.22. The normalized spacial score (nSPS) is 10.4. The van der Waals surface area contributed by atoms with Crippen LogP contribution in [0.1, 0.15) is 45.4 Å². The summed E-state index contributed by atoms with van der Waals surface area (Å²) in [4.78, 5) is 0. The molecule has 0 amide bonds. The Hall–Kier alpha value is 0.270. The highest BCUT2D eigenvalue weighted by Gasteiger charge is 1.90. The molecule has 11 heavy (non-hydrogen) atoms. The third kappa shape index (κ3) is 10.3. The SMILES string of the molecule is CCCCCCCCSOO. The molecular formula is C8H18O2S. The molecule has 0 unspecified atom stereocenters. The fourth-order valence-electron chi connectivity index (χ4n) is 0.979. The lowest BCUT2D eigenvalue weighted by molar-refractivity contribution is -0.116. The summed E-state index contributed by atoms with van der Waals surface area (Å²) in [5, 5.41) is 7.97. The molecule has 0 aromatic heterocycles. The van der Waals surface area contributed by atoms with Gasteiger partial charge in [0.05, 0.1) is 0 Å². The van der Waals surface area contributed by atoms with Gasteiger partial charge < -0.3 is 0 Å². The summed E-state index contributed by atoms with van der Waals surface area (Å²) in [5.41, 5.74) is 0. The van der Waals surface area contributed by atoms with Crippen LogP contribution in [0.4, 0.5) is 0 Å². The minimum Gasteiger partial charge on any atom is -0.239 e. The van der Waals surface area contributed by atoms with Gasteiger partial charge in [-0.25, -0.2) is 5.26 Å². The Bertz CT molecular complexity index is 61.1. The minimum absolute atomic E-state index is 0.905. The van der Waals surface area contributed by atoms with Crippen molar-refractivity contribution < 1.29 is 9.59 Å². The molecule has 0 aliphatic carbocycles. The Balaban J connectivity index is 2.69. The summed E-state index contributed by atoms with van der Waals surface area (Å²) < 4.78 is 3.89. The van der Waals surface area contributed by atoms with Gasteiger partial charge in [-0.15, -0.1) is 0 Å². The van der Waals surface area contributed by atoms with Gasteiger partial charge in [-0.2, -0.15) is 4.33 Å². The van der Waals surface area contributed by atoms with E-state index < -0.39 is 0 Å². The molecule has 3 heteroatoms. The number of hydrogen-bond acceptors (Lipinski definition) is 3. The van der Waals surface area contributed by atoms with Crippen molar-refractivity contribution >= 4 is 12.0 Å². The lowest BCUT2D eigenvalue weighted by Gasteiger charge is -1.97. The summed E-state index contributed by atoms with van der Waals surface area (Å²) >= 11 is 1.13. The van der Waals surface area contributed by atoms with Gasteiger partial charge in [0.1, 0.15) is 0 Å². The van der Waals surface area contributed by atoms with E-state index in [0.717, 1.165) is 24.2 Å². The molecule has 0 heterocycles. The van der Waals surface area contributed by atoms with E-state index in [4.69, 9.17) is 5.26 Å². The molecule has 0 saturated heterocycles. The molecule has 0 atom stereocenters. The molecule has 1 N–H and O–H groups in total. The first kappa shape index (κ1) is 11.3. The molecule has 0 aromatic carbocycles. The third-order valence-corrected chi connectivity index (χ3v) is 2.19.